The number of rotatable bonds is 3. The fourth-order valence-electron chi connectivity index (χ4n) is 3.00. The van der Waals surface area contributed by atoms with E-state index in [0.29, 0.717) is 23.3 Å². The Bertz CT molecular complexity index is 552. The number of aliphatic hydroxyl groups is 1. The number of fused-ring (bicyclic) bond motifs is 1. The number of nitrogens with two attached hydrogens (primary N) is 1. The zero-order valence-electron chi connectivity index (χ0n) is 10.2. The molecule has 0 unspecified atom stereocenters. The number of anilines is 1. The molecule has 1 aliphatic rings. The molecule has 0 aromatic carbocycles. The highest BCUT2D eigenvalue weighted by Crippen LogP contribution is 2.39. The molecule has 1 aliphatic carbocycles. The summed E-state index contributed by atoms with van der Waals surface area (Å²) in [5.41, 5.74) is 7.27. The molecule has 6 heteroatoms. The third-order valence-corrected chi connectivity index (χ3v) is 3.86. The summed E-state index contributed by atoms with van der Waals surface area (Å²) in [4.78, 5) is 12.5. The molecule has 0 amide bonds. The topological polar surface area (TPSA) is 89.9 Å². The predicted molar refractivity (Wildman–Crippen MR) is 67.8 cm³/mol. The molecule has 18 heavy (non-hydrogen) atoms. The predicted octanol–water partition coefficient (Wildman–Crippen LogP) is 1.13. The van der Waals surface area contributed by atoms with Crippen molar-refractivity contribution in [3.8, 4) is 0 Å². The first kappa shape index (κ1) is 11.4. The fraction of sp³-hybridized carbons (Fsp3) is 0.583. The molecular formula is C12H17N5O. The van der Waals surface area contributed by atoms with Crippen LogP contribution in [-0.2, 0) is 0 Å². The van der Waals surface area contributed by atoms with Gasteiger partial charge in [-0.1, -0.05) is 6.42 Å². The van der Waals surface area contributed by atoms with Gasteiger partial charge in [-0.25, -0.2) is 15.0 Å². The monoisotopic (exact) mass is 247 g/mol. The van der Waals surface area contributed by atoms with E-state index in [1.54, 1.807) is 6.33 Å². The van der Waals surface area contributed by atoms with E-state index in [1.165, 1.54) is 12.7 Å². The van der Waals surface area contributed by atoms with Crippen molar-refractivity contribution in [2.24, 2.45) is 5.92 Å². The summed E-state index contributed by atoms with van der Waals surface area (Å²) in [6.07, 6.45) is 7.58. The van der Waals surface area contributed by atoms with Crippen LogP contribution in [0.15, 0.2) is 12.7 Å². The molecule has 2 aromatic heterocycles. The summed E-state index contributed by atoms with van der Waals surface area (Å²) in [5.74, 6) is 0.930. The molecule has 1 saturated carbocycles. The van der Waals surface area contributed by atoms with Crippen LogP contribution in [0.5, 0.6) is 0 Å². The van der Waals surface area contributed by atoms with Crippen molar-refractivity contribution in [1.82, 2.24) is 19.5 Å². The lowest BCUT2D eigenvalue weighted by molar-refractivity contribution is 0.236. The minimum absolute atomic E-state index is 0.241. The molecule has 3 N–H and O–H groups in total. The summed E-state index contributed by atoms with van der Waals surface area (Å²) in [7, 11) is 0. The van der Waals surface area contributed by atoms with Crippen LogP contribution in [0.4, 0.5) is 5.82 Å². The smallest absolute Gasteiger partial charge is 0.165 e. The number of aliphatic hydroxyl groups excluding tert-OH is 1. The Kier molecular flexibility index (Phi) is 2.87. The molecule has 0 saturated heterocycles. The van der Waals surface area contributed by atoms with Crippen molar-refractivity contribution in [1.29, 1.82) is 0 Å². The van der Waals surface area contributed by atoms with Crippen molar-refractivity contribution >= 4 is 17.0 Å². The Morgan fingerprint density at radius 3 is 3.06 bits per heavy atom. The molecule has 2 aromatic rings. The second kappa shape index (κ2) is 4.53. The van der Waals surface area contributed by atoms with Gasteiger partial charge >= 0.3 is 0 Å². The molecule has 0 aliphatic heterocycles. The van der Waals surface area contributed by atoms with E-state index >= 15 is 0 Å². The lowest BCUT2D eigenvalue weighted by Gasteiger charge is -2.20. The summed E-state index contributed by atoms with van der Waals surface area (Å²) in [5, 5.41) is 9.13. The third-order valence-electron chi connectivity index (χ3n) is 3.86. The van der Waals surface area contributed by atoms with Crippen molar-refractivity contribution in [3.63, 3.8) is 0 Å². The number of hydrogen-bond donors (Lipinski definition) is 2. The molecular weight excluding hydrogens is 230 g/mol. The second-order valence-electron chi connectivity index (χ2n) is 4.85. The Balaban J connectivity index is 2.01. The lowest BCUT2D eigenvalue weighted by atomic mass is 10.00. The summed E-state index contributed by atoms with van der Waals surface area (Å²) in [6, 6.07) is 0.372. The molecule has 3 rings (SSSR count). The van der Waals surface area contributed by atoms with E-state index in [0.717, 1.165) is 24.9 Å². The average Bonchev–Trinajstić information content (AvgIpc) is 2.96. The standard InChI is InChI=1S/C12H17N5O/c13-11-10-12(15-6-14-11)17(7-16-10)9-3-1-2-8(9)4-5-18/h6-9,18H,1-5H2,(H2,13,14,15)/t8-,9+/m1/s1. The molecule has 0 spiro atoms. The van der Waals surface area contributed by atoms with Crippen LogP contribution in [0.1, 0.15) is 31.7 Å². The van der Waals surface area contributed by atoms with Gasteiger partial charge in [0.25, 0.3) is 0 Å². The first-order chi connectivity index (χ1) is 8.81. The van der Waals surface area contributed by atoms with Crippen molar-refractivity contribution in [3.05, 3.63) is 12.7 Å². The highest BCUT2D eigenvalue weighted by molar-refractivity contribution is 5.81. The summed E-state index contributed by atoms with van der Waals surface area (Å²) >= 11 is 0. The molecule has 2 atom stereocenters. The van der Waals surface area contributed by atoms with Gasteiger partial charge in [0.15, 0.2) is 11.5 Å². The van der Waals surface area contributed by atoms with Gasteiger partial charge < -0.3 is 15.4 Å². The Morgan fingerprint density at radius 2 is 2.22 bits per heavy atom. The van der Waals surface area contributed by atoms with E-state index in [1.807, 2.05) is 0 Å². The molecule has 0 radical (unpaired) electrons. The normalized spacial score (nSPS) is 23.8. The van der Waals surface area contributed by atoms with Crippen LogP contribution in [0.25, 0.3) is 11.2 Å². The van der Waals surface area contributed by atoms with Crippen LogP contribution in [0.2, 0.25) is 0 Å². The van der Waals surface area contributed by atoms with Gasteiger partial charge in [0.05, 0.1) is 6.33 Å². The molecule has 6 nitrogen and oxygen atoms in total. The van der Waals surface area contributed by atoms with Crippen LogP contribution < -0.4 is 5.73 Å². The second-order valence-corrected chi connectivity index (χ2v) is 4.85. The van der Waals surface area contributed by atoms with Crippen molar-refractivity contribution in [2.75, 3.05) is 12.3 Å². The van der Waals surface area contributed by atoms with E-state index in [9.17, 15) is 0 Å². The number of nitrogen functional groups attached to an aromatic ring is 1. The van der Waals surface area contributed by atoms with Crippen LogP contribution >= 0.6 is 0 Å². The Labute approximate surface area is 105 Å². The van der Waals surface area contributed by atoms with Gasteiger partial charge in [-0.3, -0.25) is 0 Å². The highest BCUT2D eigenvalue weighted by Gasteiger charge is 2.29. The number of hydrogen-bond acceptors (Lipinski definition) is 5. The quantitative estimate of drug-likeness (QED) is 0.848. The fourth-order valence-corrected chi connectivity index (χ4v) is 3.00. The summed E-state index contributed by atoms with van der Waals surface area (Å²) < 4.78 is 2.10. The minimum Gasteiger partial charge on any atom is -0.396 e. The van der Waals surface area contributed by atoms with Gasteiger partial charge in [0.1, 0.15) is 11.8 Å². The first-order valence-electron chi connectivity index (χ1n) is 6.35. The zero-order chi connectivity index (χ0) is 12.5. The van der Waals surface area contributed by atoms with Gasteiger partial charge in [0.2, 0.25) is 0 Å². The van der Waals surface area contributed by atoms with Crippen molar-refractivity contribution in [2.45, 2.75) is 31.7 Å². The number of imidazole rings is 1. The molecule has 1 fully saturated rings. The van der Waals surface area contributed by atoms with Gasteiger partial charge in [0, 0.05) is 12.6 Å². The minimum atomic E-state index is 0.241. The molecule has 2 heterocycles. The maximum atomic E-state index is 9.13. The molecule has 96 valence electrons. The highest BCUT2D eigenvalue weighted by atomic mass is 16.3. The van der Waals surface area contributed by atoms with Gasteiger partial charge in [-0.05, 0) is 25.2 Å². The average molecular weight is 247 g/mol. The SMILES string of the molecule is Nc1ncnc2c1ncn2[C@H]1CCC[C@@H]1CCO. The van der Waals surface area contributed by atoms with E-state index in [4.69, 9.17) is 10.8 Å². The van der Waals surface area contributed by atoms with Gasteiger partial charge in [-0.15, -0.1) is 0 Å². The maximum absolute atomic E-state index is 9.13. The van der Waals surface area contributed by atoms with E-state index in [-0.39, 0.29) is 6.61 Å². The largest absolute Gasteiger partial charge is 0.396 e. The van der Waals surface area contributed by atoms with Crippen LogP contribution in [0.3, 0.4) is 0 Å². The molecule has 0 bridgehead atoms. The maximum Gasteiger partial charge on any atom is 0.165 e. The van der Waals surface area contributed by atoms with Crippen LogP contribution in [0, 0.1) is 5.92 Å². The number of nitrogens with zero attached hydrogens (tertiary/aromatic N) is 4. The number of aromatic nitrogens is 4. The summed E-state index contributed by atoms with van der Waals surface area (Å²) in [6.45, 7) is 0.241. The van der Waals surface area contributed by atoms with E-state index < -0.39 is 0 Å². The third kappa shape index (κ3) is 1.73. The zero-order valence-corrected chi connectivity index (χ0v) is 10.2. The van der Waals surface area contributed by atoms with E-state index in [2.05, 4.69) is 19.5 Å². The first-order valence-corrected chi connectivity index (χ1v) is 6.35. The van der Waals surface area contributed by atoms with Crippen molar-refractivity contribution < 1.29 is 5.11 Å². The van der Waals surface area contributed by atoms with Crippen LogP contribution in [-0.4, -0.2) is 31.2 Å². The Morgan fingerprint density at radius 1 is 1.33 bits per heavy atom. The Hall–Kier alpha value is -1.69. The lowest BCUT2D eigenvalue weighted by Crippen LogP contribution is -2.15. The van der Waals surface area contributed by atoms with Gasteiger partial charge in [-0.2, -0.15) is 0 Å².